The van der Waals surface area contributed by atoms with Gasteiger partial charge in [0.1, 0.15) is 0 Å². The van der Waals surface area contributed by atoms with Crippen LogP contribution in [-0.2, 0) is 19.1 Å². The molecule has 0 spiro atoms. The molecule has 0 heterocycles. The normalized spacial score (nSPS) is 13.4. The van der Waals surface area contributed by atoms with Crippen LogP contribution in [-0.4, -0.2) is 23.5 Å². The number of hydrogen-bond acceptors (Lipinski definition) is 6. The molecule has 0 unspecified atom stereocenters. The van der Waals surface area contributed by atoms with Gasteiger partial charge in [0.2, 0.25) is 11.6 Å². The van der Waals surface area contributed by atoms with Crippen LogP contribution < -0.4 is 0 Å². The molecule has 0 fully saturated rings. The summed E-state index contributed by atoms with van der Waals surface area (Å²) in [6, 6.07) is 13.1. The molecular weight excluding hydrogens is 628 g/mol. The van der Waals surface area contributed by atoms with Crippen LogP contribution >= 0.6 is 31.9 Å². The molecular formula is C31H32Br2O6. The van der Waals surface area contributed by atoms with Crippen molar-refractivity contribution in [2.24, 2.45) is 0 Å². The Hall–Kier alpha value is -2.84. The summed E-state index contributed by atoms with van der Waals surface area (Å²) in [6.07, 6.45) is 10.9. The number of benzene rings is 2. The third kappa shape index (κ3) is 9.39. The van der Waals surface area contributed by atoms with E-state index in [0.717, 1.165) is 25.3 Å². The summed E-state index contributed by atoms with van der Waals surface area (Å²) in [6.45, 7) is 2.19. The van der Waals surface area contributed by atoms with Gasteiger partial charge in [0.25, 0.3) is 0 Å². The van der Waals surface area contributed by atoms with Crippen LogP contribution in [0.25, 0.3) is 0 Å². The molecule has 2 aromatic rings. The number of ketones is 2. The van der Waals surface area contributed by atoms with Gasteiger partial charge in [0.15, 0.2) is 11.5 Å². The molecule has 0 saturated carbocycles. The summed E-state index contributed by atoms with van der Waals surface area (Å²) < 4.78 is 12.2. The molecule has 0 atom stereocenters. The van der Waals surface area contributed by atoms with Crippen molar-refractivity contribution in [3.05, 3.63) is 91.8 Å². The van der Waals surface area contributed by atoms with Crippen molar-refractivity contribution in [3.63, 3.8) is 0 Å². The van der Waals surface area contributed by atoms with Gasteiger partial charge in [-0.1, -0.05) is 102 Å². The number of carbonyl (C=O) groups is 4. The zero-order chi connectivity index (χ0) is 28.2. The number of rotatable bonds is 14. The second kappa shape index (κ2) is 15.7. The SMILES string of the molecule is CCCCCCCCCCCC1=C(OC(=O)c2cccc(Br)c2)C(=O)C=C(OC(=O)c2cccc(Br)c2)C1=O. The molecule has 6 nitrogen and oxygen atoms in total. The highest BCUT2D eigenvalue weighted by Crippen LogP contribution is 2.28. The number of unbranched alkanes of at least 4 members (excludes halogenated alkanes) is 8. The molecule has 2 aromatic carbocycles. The summed E-state index contributed by atoms with van der Waals surface area (Å²) >= 11 is 6.61. The summed E-state index contributed by atoms with van der Waals surface area (Å²) in [5.41, 5.74) is 0.503. The average Bonchev–Trinajstić information content (AvgIpc) is 2.91. The van der Waals surface area contributed by atoms with Gasteiger partial charge >= 0.3 is 11.9 Å². The fourth-order valence-electron chi connectivity index (χ4n) is 4.22. The van der Waals surface area contributed by atoms with Gasteiger partial charge in [-0.25, -0.2) is 9.59 Å². The third-order valence-electron chi connectivity index (χ3n) is 6.31. The van der Waals surface area contributed by atoms with Crippen LogP contribution in [0.5, 0.6) is 0 Å². The van der Waals surface area contributed by atoms with E-state index < -0.39 is 23.5 Å². The van der Waals surface area contributed by atoms with Crippen LogP contribution in [0.15, 0.2) is 80.6 Å². The quantitative estimate of drug-likeness (QED) is 0.115. The van der Waals surface area contributed by atoms with E-state index in [4.69, 9.17) is 9.47 Å². The first-order valence-corrected chi connectivity index (χ1v) is 14.9. The summed E-state index contributed by atoms with van der Waals surface area (Å²) in [5.74, 6) is -3.53. The van der Waals surface area contributed by atoms with Crippen molar-refractivity contribution in [2.45, 2.75) is 71.1 Å². The van der Waals surface area contributed by atoms with E-state index >= 15 is 0 Å². The molecule has 1 aliphatic rings. The molecule has 0 radical (unpaired) electrons. The molecule has 0 bridgehead atoms. The van der Waals surface area contributed by atoms with E-state index in [9.17, 15) is 19.2 Å². The third-order valence-corrected chi connectivity index (χ3v) is 7.29. The number of carbonyl (C=O) groups excluding carboxylic acids is 4. The molecule has 0 aromatic heterocycles. The lowest BCUT2D eigenvalue weighted by Crippen LogP contribution is -2.25. The van der Waals surface area contributed by atoms with Crippen molar-refractivity contribution in [1.29, 1.82) is 0 Å². The monoisotopic (exact) mass is 658 g/mol. The van der Waals surface area contributed by atoms with Crippen LogP contribution in [0.2, 0.25) is 0 Å². The lowest BCUT2D eigenvalue weighted by atomic mass is 9.94. The Balaban J connectivity index is 1.73. The first-order chi connectivity index (χ1) is 18.8. The highest BCUT2D eigenvalue weighted by molar-refractivity contribution is 9.10. The minimum Gasteiger partial charge on any atom is -0.419 e. The average molecular weight is 660 g/mol. The maximum Gasteiger partial charge on any atom is 0.343 e. The van der Waals surface area contributed by atoms with Crippen LogP contribution in [0.1, 0.15) is 91.8 Å². The second-order valence-corrected chi connectivity index (χ2v) is 11.2. The van der Waals surface area contributed by atoms with E-state index in [-0.39, 0.29) is 34.6 Å². The number of halogens is 2. The van der Waals surface area contributed by atoms with E-state index in [0.29, 0.717) is 15.4 Å². The molecule has 0 aliphatic heterocycles. The Morgan fingerprint density at radius 3 is 1.77 bits per heavy atom. The largest absolute Gasteiger partial charge is 0.419 e. The lowest BCUT2D eigenvalue weighted by Gasteiger charge is -2.19. The highest BCUT2D eigenvalue weighted by Gasteiger charge is 2.33. The number of Topliss-reactive ketones (excluding diaryl/α,β-unsaturated/α-hetero) is 1. The number of ether oxygens (including phenoxy) is 2. The van der Waals surface area contributed by atoms with Crippen molar-refractivity contribution < 1.29 is 28.7 Å². The van der Waals surface area contributed by atoms with E-state index in [1.165, 1.54) is 32.1 Å². The van der Waals surface area contributed by atoms with Gasteiger partial charge in [-0.2, -0.15) is 0 Å². The van der Waals surface area contributed by atoms with E-state index in [1.54, 1.807) is 48.5 Å². The van der Waals surface area contributed by atoms with Crippen LogP contribution in [0, 0.1) is 0 Å². The summed E-state index contributed by atoms with van der Waals surface area (Å²) in [4.78, 5) is 51.9. The molecule has 39 heavy (non-hydrogen) atoms. The Labute approximate surface area is 246 Å². The fraction of sp³-hybridized carbons (Fsp3) is 0.355. The minimum absolute atomic E-state index is 0.0471. The molecule has 8 heteroatoms. The fourth-order valence-corrected chi connectivity index (χ4v) is 5.02. The van der Waals surface area contributed by atoms with Gasteiger partial charge in [0.05, 0.1) is 16.7 Å². The molecule has 1 aliphatic carbocycles. The van der Waals surface area contributed by atoms with Crippen LogP contribution in [0.4, 0.5) is 0 Å². The Morgan fingerprint density at radius 2 is 1.23 bits per heavy atom. The lowest BCUT2D eigenvalue weighted by molar-refractivity contribution is -0.119. The predicted octanol–water partition coefficient (Wildman–Crippen LogP) is 8.44. The Morgan fingerprint density at radius 1 is 0.718 bits per heavy atom. The highest BCUT2D eigenvalue weighted by atomic mass is 79.9. The number of allylic oxidation sites excluding steroid dienone is 2. The van der Waals surface area contributed by atoms with Gasteiger partial charge in [-0.3, -0.25) is 9.59 Å². The first kappa shape index (κ1) is 30.7. The van der Waals surface area contributed by atoms with Crippen molar-refractivity contribution in [3.8, 4) is 0 Å². The minimum atomic E-state index is -0.763. The van der Waals surface area contributed by atoms with Crippen LogP contribution in [0.3, 0.4) is 0 Å². The maximum absolute atomic E-state index is 13.4. The van der Waals surface area contributed by atoms with E-state index in [2.05, 4.69) is 38.8 Å². The zero-order valence-corrected chi connectivity index (χ0v) is 25.1. The second-order valence-electron chi connectivity index (χ2n) is 9.39. The summed E-state index contributed by atoms with van der Waals surface area (Å²) in [7, 11) is 0. The van der Waals surface area contributed by atoms with Gasteiger partial charge in [0, 0.05) is 15.0 Å². The molecule has 0 saturated heterocycles. The number of hydrogen-bond donors (Lipinski definition) is 0. The Bertz CT molecular complexity index is 1280. The topological polar surface area (TPSA) is 86.7 Å². The van der Waals surface area contributed by atoms with Gasteiger partial charge in [-0.05, 0) is 49.2 Å². The molecule has 0 N–H and O–H groups in total. The smallest absolute Gasteiger partial charge is 0.343 e. The van der Waals surface area contributed by atoms with Crippen molar-refractivity contribution in [1.82, 2.24) is 0 Å². The summed E-state index contributed by atoms with van der Waals surface area (Å²) in [5, 5.41) is 0. The van der Waals surface area contributed by atoms with Gasteiger partial charge in [-0.15, -0.1) is 0 Å². The maximum atomic E-state index is 13.4. The molecule has 206 valence electrons. The standard InChI is InChI=1S/C31H32Br2O6/c1-2-3-4-5-6-7-8-9-10-17-25-28(35)27(38-30(36)21-13-11-15-23(32)18-21)20-26(34)29(25)39-31(37)22-14-12-16-24(33)19-22/h11-16,18-20H,2-10,17H2,1H3. The molecule has 0 amide bonds. The zero-order valence-electron chi connectivity index (χ0n) is 22.0. The molecule has 3 rings (SSSR count). The number of esters is 2. The van der Waals surface area contributed by atoms with E-state index in [1.807, 2.05) is 0 Å². The van der Waals surface area contributed by atoms with Crippen molar-refractivity contribution >= 4 is 55.4 Å². The predicted molar refractivity (Wildman–Crippen MR) is 156 cm³/mol. The van der Waals surface area contributed by atoms with Gasteiger partial charge < -0.3 is 9.47 Å². The Kier molecular flexibility index (Phi) is 12.3. The van der Waals surface area contributed by atoms with Crippen molar-refractivity contribution in [2.75, 3.05) is 0 Å². The first-order valence-electron chi connectivity index (χ1n) is 13.3.